The molecule has 0 radical (unpaired) electrons. The molecule has 1 saturated heterocycles. The standard InChI is InChI=1S/C22H24F3N5O/c1-3-30-9-4-5-14(13-30)12-26-21-17-8-10-29(2)20(17)19(27-28-21)16-7-6-15(11-18(16)31)22(23,24)25/h6-8,10-12,31H,3-5,9,13H2,1-2H3,(H,26,28)/b14-12+. The number of hydrogen-bond donors (Lipinski definition) is 2. The minimum atomic E-state index is -4.53. The molecule has 0 saturated carbocycles. The van der Waals surface area contributed by atoms with Crippen LogP contribution < -0.4 is 5.32 Å². The highest BCUT2D eigenvalue weighted by Gasteiger charge is 2.31. The number of nitrogens with one attached hydrogen (secondary N) is 1. The summed E-state index contributed by atoms with van der Waals surface area (Å²) in [5.74, 6) is 0.0724. The van der Waals surface area contributed by atoms with Crippen molar-refractivity contribution >= 4 is 16.7 Å². The summed E-state index contributed by atoms with van der Waals surface area (Å²) in [4.78, 5) is 2.37. The number of rotatable bonds is 4. The average Bonchev–Trinajstić information content (AvgIpc) is 3.14. The summed E-state index contributed by atoms with van der Waals surface area (Å²) in [7, 11) is 1.82. The van der Waals surface area contributed by atoms with E-state index >= 15 is 0 Å². The molecule has 0 amide bonds. The molecule has 6 nitrogen and oxygen atoms in total. The Morgan fingerprint density at radius 2 is 2.03 bits per heavy atom. The van der Waals surface area contributed by atoms with Crippen LogP contribution in [0.15, 0.2) is 42.2 Å². The van der Waals surface area contributed by atoms with Gasteiger partial charge in [0.05, 0.1) is 11.1 Å². The highest BCUT2D eigenvalue weighted by Crippen LogP contribution is 2.38. The lowest BCUT2D eigenvalue weighted by Gasteiger charge is -2.27. The summed E-state index contributed by atoms with van der Waals surface area (Å²) in [5.41, 5.74) is 1.56. The maximum absolute atomic E-state index is 12.9. The number of hydrogen-bond acceptors (Lipinski definition) is 5. The molecule has 0 bridgehead atoms. The van der Waals surface area contributed by atoms with Crippen molar-refractivity contribution in [1.29, 1.82) is 0 Å². The highest BCUT2D eigenvalue weighted by atomic mass is 19.4. The number of alkyl halides is 3. The van der Waals surface area contributed by atoms with E-state index in [2.05, 4.69) is 27.3 Å². The summed E-state index contributed by atoms with van der Waals surface area (Å²) in [6.07, 6.45) is 1.39. The van der Waals surface area contributed by atoms with Gasteiger partial charge < -0.3 is 15.0 Å². The molecule has 164 valence electrons. The molecule has 31 heavy (non-hydrogen) atoms. The van der Waals surface area contributed by atoms with Crippen LogP contribution in [-0.4, -0.2) is 44.4 Å². The second-order valence-electron chi connectivity index (χ2n) is 7.74. The Balaban J connectivity index is 1.70. The van der Waals surface area contributed by atoms with Crippen molar-refractivity contribution in [3.05, 3.63) is 47.8 Å². The van der Waals surface area contributed by atoms with E-state index in [0.717, 1.165) is 43.9 Å². The highest BCUT2D eigenvalue weighted by molar-refractivity contribution is 5.99. The van der Waals surface area contributed by atoms with Crippen molar-refractivity contribution in [2.75, 3.05) is 25.0 Å². The Kier molecular flexibility index (Phi) is 5.62. The third-order valence-corrected chi connectivity index (χ3v) is 5.64. The van der Waals surface area contributed by atoms with Crippen LogP contribution in [0.25, 0.3) is 22.2 Å². The van der Waals surface area contributed by atoms with E-state index in [1.54, 1.807) is 0 Å². The monoisotopic (exact) mass is 431 g/mol. The van der Waals surface area contributed by atoms with Gasteiger partial charge in [0.1, 0.15) is 11.4 Å². The largest absolute Gasteiger partial charge is 0.507 e. The molecule has 0 unspecified atom stereocenters. The first-order chi connectivity index (χ1) is 14.8. The van der Waals surface area contributed by atoms with Crippen LogP contribution in [-0.2, 0) is 13.2 Å². The lowest BCUT2D eigenvalue weighted by Crippen LogP contribution is -2.31. The van der Waals surface area contributed by atoms with Crippen molar-refractivity contribution in [2.45, 2.75) is 25.9 Å². The zero-order valence-corrected chi connectivity index (χ0v) is 17.4. The molecular formula is C22H24F3N5O. The summed E-state index contributed by atoms with van der Waals surface area (Å²) in [5, 5.41) is 22.8. The van der Waals surface area contributed by atoms with E-state index in [9.17, 15) is 18.3 Å². The van der Waals surface area contributed by atoms with E-state index in [0.29, 0.717) is 23.1 Å². The van der Waals surface area contributed by atoms with Crippen molar-refractivity contribution < 1.29 is 18.3 Å². The fourth-order valence-corrected chi connectivity index (χ4v) is 3.95. The predicted octanol–water partition coefficient (Wildman–Crippen LogP) is 4.77. The number of anilines is 1. The van der Waals surface area contributed by atoms with Crippen LogP contribution in [0.2, 0.25) is 0 Å². The van der Waals surface area contributed by atoms with Crippen LogP contribution in [0.5, 0.6) is 5.75 Å². The first kappa shape index (κ1) is 21.2. The Bertz CT molecular complexity index is 1140. The van der Waals surface area contributed by atoms with Gasteiger partial charge in [-0.3, -0.25) is 4.90 Å². The van der Waals surface area contributed by atoms with Crippen LogP contribution in [0.1, 0.15) is 25.3 Å². The minimum absolute atomic E-state index is 0.197. The topological polar surface area (TPSA) is 66.2 Å². The predicted molar refractivity (Wildman–Crippen MR) is 114 cm³/mol. The Labute approximate surface area is 178 Å². The van der Waals surface area contributed by atoms with Gasteiger partial charge in [0.2, 0.25) is 0 Å². The third-order valence-electron chi connectivity index (χ3n) is 5.64. The molecule has 1 aliphatic rings. The van der Waals surface area contributed by atoms with Crippen LogP contribution in [0.3, 0.4) is 0 Å². The number of halogens is 3. The van der Waals surface area contributed by atoms with Crippen molar-refractivity contribution in [1.82, 2.24) is 19.7 Å². The van der Waals surface area contributed by atoms with Gasteiger partial charge in [-0.25, -0.2) is 0 Å². The lowest BCUT2D eigenvalue weighted by atomic mass is 10.1. The SMILES string of the molecule is CCN1CCC/C(=C\Nc2nnc(-c3ccc(C(F)(F)F)cc3O)c3c2ccn3C)C1. The zero-order valence-electron chi connectivity index (χ0n) is 17.4. The molecule has 9 heteroatoms. The quantitative estimate of drug-likeness (QED) is 0.623. The van der Waals surface area contributed by atoms with Crippen LogP contribution >= 0.6 is 0 Å². The van der Waals surface area contributed by atoms with Gasteiger partial charge >= 0.3 is 6.18 Å². The van der Waals surface area contributed by atoms with E-state index in [1.807, 2.05) is 30.1 Å². The fourth-order valence-electron chi connectivity index (χ4n) is 3.95. The number of phenolic OH excluding ortho intramolecular Hbond substituents is 1. The Morgan fingerprint density at radius 1 is 1.23 bits per heavy atom. The number of likely N-dealkylation sites (tertiary alicyclic amines) is 1. The maximum Gasteiger partial charge on any atom is 0.416 e. The second-order valence-corrected chi connectivity index (χ2v) is 7.74. The summed E-state index contributed by atoms with van der Waals surface area (Å²) < 4.78 is 40.7. The fraction of sp³-hybridized carbons (Fsp3) is 0.364. The number of aryl methyl sites for hydroxylation is 1. The van der Waals surface area contributed by atoms with Crippen molar-refractivity contribution in [3.8, 4) is 17.0 Å². The number of phenols is 1. The van der Waals surface area contributed by atoms with Gasteiger partial charge in [-0.1, -0.05) is 6.92 Å². The normalized spacial score (nSPS) is 16.9. The molecule has 1 fully saturated rings. The van der Waals surface area contributed by atoms with E-state index in [1.165, 1.54) is 11.6 Å². The van der Waals surface area contributed by atoms with Gasteiger partial charge in [-0.05, 0) is 55.8 Å². The number of aromatic nitrogens is 3. The summed E-state index contributed by atoms with van der Waals surface area (Å²) >= 11 is 0. The van der Waals surface area contributed by atoms with Gasteiger partial charge in [-0.15, -0.1) is 10.2 Å². The van der Waals surface area contributed by atoms with Crippen molar-refractivity contribution in [2.24, 2.45) is 7.05 Å². The molecule has 3 aromatic rings. The molecule has 3 heterocycles. The average molecular weight is 431 g/mol. The molecule has 0 spiro atoms. The summed E-state index contributed by atoms with van der Waals surface area (Å²) in [6, 6.07) is 4.75. The molecule has 1 aliphatic heterocycles. The first-order valence-corrected chi connectivity index (χ1v) is 10.2. The van der Waals surface area contributed by atoms with Crippen molar-refractivity contribution in [3.63, 3.8) is 0 Å². The number of benzene rings is 1. The summed E-state index contributed by atoms with van der Waals surface area (Å²) in [6.45, 7) is 5.16. The van der Waals surface area contributed by atoms with Crippen LogP contribution in [0, 0.1) is 0 Å². The lowest BCUT2D eigenvalue weighted by molar-refractivity contribution is -0.137. The molecule has 2 N–H and O–H groups in total. The van der Waals surface area contributed by atoms with Gasteiger partial charge in [0, 0.05) is 36.9 Å². The Hall–Kier alpha value is -3.07. The first-order valence-electron chi connectivity index (χ1n) is 10.2. The number of fused-ring (bicyclic) bond motifs is 1. The van der Waals surface area contributed by atoms with Crippen LogP contribution in [0.4, 0.5) is 19.0 Å². The molecule has 4 rings (SSSR count). The van der Waals surface area contributed by atoms with Gasteiger partial charge in [-0.2, -0.15) is 13.2 Å². The van der Waals surface area contributed by atoms with Gasteiger partial charge in [0.25, 0.3) is 0 Å². The second kappa shape index (κ2) is 8.22. The van der Waals surface area contributed by atoms with E-state index < -0.39 is 17.5 Å². The molecule has 1 aromatic carbocycles. The Morgan fingerprint density at radius 3 is 2.74 bits per heavy atom. The molecular weight excluding hydrogens is 407 g/mol. The zero-order chi connectivity index (χ0) is 22.2. The molecule has 0 aliphatic carbocycles. The number of nitrogens with zero attached hydrogens (tertiary/aromatic N) is 4. The van der Waals surface area contributed by atoms with E-state index in [4.69, 9.17) is 0 Å². The third kappa shape index (κ3) is 4.23. The minimum Gasteiger partial charge on any atom is -0.507 e. The molecule has 2 aromatic heterocycles. The number of aromatic hydroxyl groups is 1. The smallest absolute Gasteiger partial charge is 0.416 e. The maximum atomic E-state index is 12.9. The number of likely N-dealkylation sites (N-methyl/N-ethyl adjacent to an activating group) is 1. The van der Waals surface area contributed by atoms with E-state index in [-0.39, 0.29) is 5.56 Å². The van der Waals surface area contributed by atoms with Gasteiger partial charge in [0.15, 0.2) is 5.82 Å². The molecule has 0 atom stereocenters. The number of piperidine rings is 1.